The highest BCUT2D eigenvalue weighted by Crippen LogP contribution is 2.61. The van der Waals surface area contributed by atoms with Crippen molar-refractivity contribution in [2.75, 3.05) is 40.3 Å². The molecule has 15 heteroatoms. The summed E-state index contributed by atoms with van der Waals surface area (Å²) < 4.78 is 13.9. The number of allylic oxidation sites excluding steroid dienone is 5. The Hall–Kier alpha value is -5.32. The molecule has 1 unspecified atom stereocenters. The summed E-state index contributed by atoms with van der Waals surface area (Å²) in [6, 6.07) is 5.62. The van der Waals surface area contributed by atoms with Gasteiger partial charge in [0, 0.05) is 61.9 Å². The molecule has 0 amide bonds. The van der Waals surface area contributed by atoms with Gasteiger partial charge in [-0.3, -0.25) is 14.6 Å². The second kappa shape index (κ2) is 21.4. The van der Waals surface area contributed by atoms with Crippen LogP contribution >= 0.6 is 0 Å². The smallest absolute Gasteiger partial charge is 0.350 e. The van der Waals surface area contributed by atoms with Gasteiger partial charge in [-0.05, 0) is 168 Å². The molecule has 6 aliphatic heterocycles. The highest BCUT2D eigenvalue weighted by molar-refractivity contribution is 6.33. The Balaban J connectivity index is 1.01. The Morgan fingerprint density at radius 3 is 2.71 bits per heavy atom. The van der Waals surface area contributed by atoms with Gasteiger partial charge in [0.15, 0.2) is 17.3 Å². The van der Waals surface area contributed by atoms with Gasteiger partial charge in [-0.25, -0.2) is 4.79 Å². The molecule has 2 saturated heterocycles. The zero-order chi connectivity index (χ0) is 53.7. The molecule has 4 bridgehead atoms. The molecule has 0 radical (unpaired) electrons. The number of aliphatic hydroxyl groups excluding tert-OH is 1. The minimum absolute atomic E-state index is 0.0101. The molecule has 10 aliphatic rings. The fourth-order valence-electron chi connectivity index (χ4n) is 15.9. The van der Waals surface area contributed by atoms with Crippen LogP contribution in [0.1, 0.15) is 150 Å². The van der Waals surface area contributed by atoms with Crippen molar-refractivity contribution < 1.29 is 29.0 Å². The van der Waals surface area contributed by atoms with Gasteiger partial charge in [-0.2, -0.15) is 0 Å². The normalized spacial score (nSPS) is 38.1. The van der Waals surface area contributed by atoms with E-state index < -0.39 is 40.1 Å². The van der Waals surface area contributed by atoms with Crippen LogP contribution in [0.2, 0.25) is 0 Å². The number of carbonyl (C=O) groups excluding carboxylic acids is 3. The van der Waals surface area contributed by atoms with E-state index in [0.29, 0.717) is 37.3 Å². The summed E-state index contributed by atoms with van der Waals surface area (Å²) >= 11 is 0. The van der Waals surface area contributed by atoms with Gasteiger partial charge in [0.2, 0.25) is 5.78 Å². The number of guanidine groups is 1. The van der Waals surface area contributed by atoms with E-state index in [1.807, 2.05) is 37.5 Å². The van der Waals surface area contributed by atoms with Gasteiger partial charge in [-0.1, -0.05) is 86.9 Å². The molecule has 10 N–H and O–H groups in total. The van der Waals surface area contributed by atoms with Crippen LogP contribution in [-0.2, 0) is 20.7 Å². The zero-order valence-corrected chi connectivity index (χ0v) is 46.3. The van der Waals surface area contributed by atoms with Gasteiger partial charge in [-0.15, -0.1) is 0 Å². The predicted octanol–water partition coefficient (Wildman–Crippen LogP) is 6.70. The van der Waals surface area contributed by atoms with Crippen molar-refractivity contribution in [2.24, 2.45) is 39.8 Å². The lowest BCUT2D eigenvalue weighted by molar-refractivity contribution is -0.167. The topological polar surface area (TPSA) is 216 Å². The maximum absolute atomic E-state index is 16.1. The van der Waals surface area contributed by atoms with Crippen LogP contribution in [0, 0.1) is 29.1 Å². The number of ether oxygens (including phenoxy) is 2. The van der Waals surface area contributed by atoms with E-state index in [1.54, 1.807) is 13.1 Å². The fourth-order valence-corrected chi connectivity index (χ4v) is 15.9. The highest BCUT2D eigenvalue weighted by Gasteiger charge is 2.85. The number of nitrogens with one attached hydrogen (secondary N) is 7. The summed E-state index contributed by atoms with van der Waals surface area (Å²) in [7, 11) is 3.78. The summed E-state index contributed by atoms with van der Waals surface area (Å²) in [6.07, 6.45) is 30.1. The van der Waals surface area contributed by atoms with Gasteiger partial charge in [0.25, 0.3) is 5.60 Å². The maximum atomic E-state index is 16.1. The van der Waals surface area contributed by atoms with Crippen LogP contribution in [0.5, 0.6) is 0 Å². The van der Waals surface area contributed by atoms with E-state index in [9.17, 15) is 5.11 Å². The average Bonchev–Trinajstić information content (AvgIpc) is 2.79. The van der Waals surface area contributed by atoms with Crippen molar-refractivity contribution in [1.29, 1.82) is 0 Å². The summed E-state index contributed by atoms with van der Waals surface area (Å²) in [4.78, 5) is 52.6. The third-order valence-corrected chi connectivity index (χ3v) is 19.7. The van der Waals surface area contributed by atoms with Crippen LogP contribution in [0.25, 0.3) is 0 Å². The van der Waals surface area contributed by atoms with E-state index in [1.165, 1.54) is 16.7 Å². The first-order valence-corrected chi connectivity index (χ1v) is 29.3. The van der Waals surface area contributed by atoms with Crippen molar-refractivity contribution in [3.63, 3.8) is 0 Å². The number of hydrogen-bond acceptors (Lipinski definition) is 13. The molecular weight excluding hydrogens is 967 g/mol. The molecule has 1 aromatic rings. The van der Waals surface area contributed by atoms with Crippen molar-refractivity contribution in [3.8, 4) is 0 Å². The number of carbonyl (C=O) groups is 3. The van der Waals surface area contributed by atoms with E-state index in [0.717, 1.165) is 125 Å². The molecule has 4 aliphatic carbocycles. The van der Waals surface area contributed by atoms with Crippen LogP contribution < -0.4 is 43.0 Å². The molecule has 1 aromatic carbocycles. The molecule has 12 atom stereocenters. The van der Waals surface area contributed by atoms with E-state index >= 15 is 14.4 Å². The Morgan fingerprint density at radius 2 is 1.92 bits per heavy atom. The number of epoxide rings is 1. The molecule has 3 fully saturated rings. The minimum atomic E-state index is -2.20. The number of dihydropyridines is 2. The number of nitrogens with two attached hydrogens (primary N) is 1. The first-order chi connectivity index (χ1) is 37.2. The van der Waals surface area contributed by atoms with Crippen molar-refractivity contribution in [2.45, 2.75) is 171 Å². The highest BCUT2D eigenvalue weighted by atomic mass is 16.7. The van der Waals surface area contributed by atoms with Gasteiger partial charge in [0.05, 0.1) is 17.9 Å². The van der Waals surface area contributed by atoms with E-state index in [4.69, 9.17) is 15.2 Å². The summed E-state index contributed by atoms with van der Waals surface area (Å²) in [6.45, 7) is 8.64. The second-order valence-corrected chi connectivity index (χ2v) is 24.6. The van der Waals surface area contributed by atoms with Crippen LogP contribution in [0.3, 0.4) is 0 Å². The summed E-state index contributed by atoms with van der Waals surface area (Å²) in [5, 5.41) is 35.9. The number of aliphatic imine (C=N–C) groups is 1. The Labute approximate surface area is 456 Å². The first-order valence-electron chi connectivity index (χ1n) is 29.3. The molecule has 11 rings (SSSR count). The largest absolute Gasteiger partial charge is 0.459 e. The molecule has 77 heavy (non-hydrogen) atoms. The Bertz CT molecular complexity index is 2780. The molecule has 1 saturated carbocycles. The molecule has 15 nitrogen and oxygen atoms in total. The van der Waals surface area contributed by atoms with E-state index in [-0.39, 0.29) is 59.9 Å². The maximum Gasteiger partial charge on any atom is 0.350 e. The third-order valence-electron chi connectivity index (χ3n) is 19.7. The number of nitrogens with zero attached hydrogens (tertiary/aromatic N) is 1. The fraction of sp³-hybridized carbons (Fsp3) is 0.613. The summed E-state index contributed by atoms with van der Waals surface area (Å²) in [5.74, 6) is 0.562. The zero-order valence-electron chi connectivity index (χ0n) is 46.3. The second-order valence-electron chi connectivity index (χ2n) is 24.6. The average molecular weight is 1050 g/mol. The van der Waals surface area contributed by atoms with Gasteiger partial charge in [0.1, 0.15) is 11.9 Å². The monoisotopic (exact) mass is 1050 g/mol. The minimum Gasteiger partial charge on any atom is -0.459 e. The predicted molar refractivity (Wildman–Crippen MR) is 300 cm³/mol. The van der Waals surface area contributed by atoms with Crippen molar-refractivity contribution in [3.05, 3.63) is 117 Å². The number of ketones is 2. The SMILES string of the molecule is CCN[C@@]12C=C3C=CC[C@H]4CCCC[C@](C)(CC5=CNC(N)C=C5)Cc5cccc6c5C(=O)[C@]5(O[C@@]5(C/C=C(\C)C[C@]5(C7=CCNC8=C7CC[C@H](NC)N8)CCCNC(=NC)N5)C6=O)C(=O)O[C@H]([C@H](CCO)CC1)[C@H]2C[C@@H]34. The third kappa shape index (κ3) is 9.57. The number of esters is 1. The molecule has 6 heterocycles. The number of Topliss-reactive ketones (excluding diaryl/α,β-unsaturated/α-hetero) is 2. The number of hydrogen-bond donors (Lipinski definition) is 9. The lowest BCUT2D eigenvalue weighted by Crippen LogP contribution is -2.62. The first kappa shape index (κ1) is 53.7. The van der Waals surface area contributed by atoms with Crippen LogP contribution in [-0.4, -0.2) is 110 Å². The number of rotatable bonds is 12. The van der Waals surface area contributed by atoms with Gasteiger partial charge < -0.3 is 57.5 Å². The number of aliphatic hydroxyl groups is 1. The van der Waals surface area contributed by atoms with Crippen LogP contribution in [0.15, 0.2) is 106 Å². The van der Waals surface area contributed by atoms with E-state index in [2.05, 4.69) is 93.4 Å². The molecule has 1 spiro atoms. The lowest BCUT2D eigenvalue weighted by atomic mass is 9.56. The van der Waals surface area contributed by atoms with Crippen molar-refractivity contribution in [1.82, 2.24) is 37.2 Å². The molecular formula is C62H85N9O6. The quantitative estimate of drug-likeness (QED) is 0.0461. The van der Waals surface area contributed by atoms with Crippen LogP contribution in [0.4, 0.5) is 0 Å². The molecule has 414 valence electrons. The Morgan fingerprint density at radius 1 is 1.05 bits per heavy atom. The number of likely N-dealkylation sites (N-methyl/N-ethyl adjacent to an activating group) is 1. The standard InChI is InChI=1S/C62H85N9O6/c1-6-69-59-27-22-41(24-31-72)52-48(59)32-46-40(13-9-14-42(46)36-59)12-7-8-25-58(3,34-39-17-19-49(63)68-37-39)35-43-15-10-16-45-51(43)54(74)62(56(75)76-52)61(77-62,53(45)73)28-21-38(2)33-60(26-11-29-67-57(65-5)71-60)47-23-30-66-55-44(47)18-20-50(64-4)70-55/h9-10,14-17,19,21,23,36-37,40-41,46,48-50,52,64,66,68-70,72H,6-8,11-13,18,20,22,24-35,63H2,1-5H3,(H2,65,67,71)/b38-21+/t40-,41+,46-,48-,49?,50-,52-,58-,59-,60+,61+,62+/m1/s1. The van der Waals surface area contributed by atoms with Crippen molar-refractivity contribution >= 4 is 23.5 Å². The Kier molecular flexibility index (Phi) is 14.9. The lowest BCUT2D eigenvalue weighted by Gasteiger charge is -2.55. The molecule has 0 aromatic heterocycles. The summed E-state index contributed by atoms with van der Waals surface area (Å²) in [5.41, 5.74) is 8.14. The number of benzene rings is 1. The van der Waals surface area contributed by atoms with Gasteiger partial charge >= 0.3 is 5.97 Å².